The van der Waals surface area contributed by atoms with Gasteiger partial charge in [-0.15, -0.1) is 11.3 Å². The fraction of sp³-hybridized carbons (Fsp3) is 0.0769. The Morgan fingerprint density at radius 1 is 1.15 bits per heavy atom. The van der Waals surface area contributed by atoms with E-state index in [9.17, 15) is 4.79 Å². The third kappa shape index (κ3) is 3.94. The van der Waals surface area contributed by atoms with E-state index in [4.69, 9.17) is 4.98 Å². The fourth-order valence-corrected chi connectivity index (χ4v) is 4.70. The molecule has 0 aromatic carbocycles. The van der Waals surface area contributed by atoms with E-state index in [1.165, 1.54) is 4.88 Å². The first-order valence-corrected chi connectivity index (χ1v) is 11.3. The molecular formula is C26H21N5OS. The summed E-state index contributed by atoms with van der Waals surface area (Å²) < 4.78 is 0. The van der Waals surface area contributed by atoms with Crippen LogP contribution in [0.5, 0.6) is 0 Å². The van der Waals surface area contributed by atoms with Gasteiger partial charge in [0.2, 0.25) is 0 Å². The predicted octanol–water partition coefficient (Wildman–Crippen LogP) is 5.95. The summed E-state index contributed by atoms with van der Waals surface area (Å²) in [5, 5.41) is 7.68. The molecule has 0 amide bonds. The Labute approximate surface area is 194 Å². The van der Waals surface area contributed by atoms with Gasteiger partial charge in [-0.1, -0.05) is 12.6 Å². The summed E-state index contributed by atoms with van der Waals surface area (Å²) in [4.78, 5) is 27.2. The van der Waals surface area contributed by atoms with Gasteiger partial charge in [-0.05, 0) is 68.0 Å². The first-order chi connectivity index (χ1) is 16.0. The van der Waals surface area contributed by atoms with Crippen molar-refractivity contribution in [2.45, 2.75) is 13.8 Å². The standard InChI is InChI=1S/C26H21N5OS/c1-4-21-17(6-5-10-27-21)12-15(2)19-13-18-14-20(22-9-11-28-31-22)26(32)30-25(18)29-24(19)23-8-7-16(3)33-23/h4-14H,1H2,2-3H3,(H,28,31)(H,29,30,32)/b15-12+. The van der Waals surface area contributed by atoms with Crippen LogP contribution in [-0.4, -0.2) is 25.1 Å². The number of aromatic amines is 2. The molecule has 5 aromatic rings. The molecule has 5 heterocycles. The monoisotopic (exact) mass is 451 g/mol. The van der Waals surface area contributed by atoms with Crippen molar-refractivity contribution in [3.05, 3.63) is 93.5 Å². The number of fused-ring (bicyclic) bond motifs is 1. The first kappa shape index (κ1) is 20.8. The Hall–Kier alpha value is -4.10. The molecule has 33 heavy (non-hydrogen) atoms. The molecule has 0 saturated carbocycles. The second kappa shape index (κ2) is 8.44. The summed E-state index contributed by atoms with van der Waals surface area (Å²) >= 11 is 1.68. The third-order valence-corrected chi connectivity index (χ3v) is 6.46. The van der Waals surface area contributed by atoms with E-state index in [1.54, 1.807) is 35.9 Å². The number of hydrogen-bond acceptors (Lipinski definition) is 5. The van der Waals surface area contributed by atoms with E-state index >= 15 is 0 Å². The highest BCUT2D eigenvalue weighted by atomic mass is 32.1. The second-order valence-corrected chi connectivity index (χ2v) is 9.01. The summed E-state index contributed by atoms with van der Waals surface area (Å²) in [6.45, 7) is 8.01. The lowest BCUT2D eigenvalue weighted by Gasteiger charge is -2.12. The van der Waals surface area contributed by atoms with E-state index in [0.29, 0.717) is 16.9 Å². The minimum absolute atomic E-state index is 0.210. The summed E-state index contributed by atoms with van der Waals surface area (Å²) in [5.74, 6) is 0. The molecule has 0 spiro atoms. The number of rotatable bonds is 5. The summed E-state index contributed by atoms with van der Waals surface area (Å²) in [6, 6.07) is 13.8. The molecule has 0 bridgehead atoms. The van der Waals surface area contributed by atoms with Crippen LogP contribution in [0.3, 0.4) is 0 Å². The lowest BCUT2D eigenvalue weighted by molar-refractivity contribution is 1.09. The molecule has 7 heteroatoms. The molecule has 0 saturated heterocycles. The highest BCUT2D eigenvalue weighted by Crippen LogP contribution is 2.35. The lowest BCUT2D eigenvalue weighted by atomic mass is 9.99. The highest BCUT2D eigenvalue weighted by Gasteiger charge is 2.15. The predicted molar refractivity (Wildman–Crippen MR) is 136 cm³/mol. The van der Waals surface area contributed by atoms with Crippen LogP contribution in [0.1, 0.15) is 28.6 Å². The Balaban J connectivity index is 1.75. The van der Waals surface area contributed by atoms with Gasteiger partial charge >= 0.3 is 0 Å². The zero-order valence-corrected chi connectivity index (χ0v) is 19.0. The van der Waals surface area contributed by atoms with Gasteiger partial charge < -0.3 is 4.98 Å². The van der Waals surface area contributed by atoms with Crippen molar-refractivity contribution in [2.24, 2.45) is 0 Å². The second-order valence-electron chi connectivity index (χ2n) is 7.72. The maximum atomic E-state index is 12.7. The van der Waals surface area contributed by atoms with Crippen LogP contribution in [-0.2, 0) is 0 Å². The van der Waals surface area contributed by atoms with E-state index in [-0.39, 0.29) is 5.56 Å². The number of pyridine rings is 3. The zero-order chi connectivity index (χ0) is 22.9. The summed E-state index contributed by atoms with van der Waals surface area (Å²) in [6.07, 6.45) is 7.23. The molecule has 5 aromatic heterocycles. The SMILES string of the molecule is C=Cc1ncccc1/C=C(\C)c1cc2cc(-c3ccn[nH]3)c(=O)[nH]c2nc1-c1ccc(C)s1. The van der Waals surface area contributed by atoms with Crippen molar-refractivity contribution in [1.29, 1.82) is 0 Å². The quantitative estimate of drug-likeness (QED) is 0.346. The number of aromatic nitrogens is 5. The third-order valence-electron chi connectivity index (χ3n) is 5.45. The largest absolute Gasteiger partial charge is 0.306 e. The van der Waals surface area contributed by atoms with Gasteiger partial charge in [-0.25, -0.2) is 4.98 Å². The fourth-order valence-electron chi connectivity index (χ4n) is 3.82. The number of allylic oxidation sites excluding steroid dienone is 1. The van der Waals surface area contributed by atoms with Gasteiger partial charge in [0.1, 0.15) is 5.65 Å². The smallest absolute Gasteiger partial charge is 0.259 e. The molecule has 2 N–H and O–H groups in total. The van der Waals surface area contributed by atoms with Gasteiger partial charge in [0.15, 0.2) is 0 Å². The van der Waals surface area contributed by atoms with Gasteiger partial charge in [-0.3, -0.25) is 14.9 Å². The minimum Gasteiger partial charge on any atom is -0.306 e. The first-order valence-electron chi connectivity index (χ1n) is 10.4. The number of thiophene rings is 1. The molecule has 5 rings (SSSR count). The van der Waals surface area contributed by atoms with Crippen molar-refractivity contribution in [3.63, 3.8) is 0 Å². The molecule has 6 nitrogen and oxygen atoms in total. The van der Waals surface area contributed by atoms with Crippen LogP contribution >= 0.6 is 11.3 Å². The minimum atomic E-state index is -0.210. The molecule has 0 aliphatic carbocycles. The van der Waals surface area contributed by atoms with Crippen LogP contribution in [0.4, 0.5) is 0 Å². The Morgan fingerprint density at radius 3 is 2.76 bits per heavy atom. The lowest BCUT2D eigenvalue weighted by Crippen LogP contribution is -2.10. The molecule has 0 radical (unpaired) electrons. The van der Waals surface area contributed by atoms with Gasteiger partial charge in [0.25, 0.3) is 5.56 Å². The molecular weight excluding hydrogens is 430 g/mol. The topological polar surface area (TPSA) is 87.3 Å². The van der Waals surface area contributed by atoms with Crippen LogP contribution in [0.2, 0.25) is 0 Å². The van der Waals surface area contributed by atoms with Gasteiger partial charge in [0, 0.05) is 33.8 Å². The number of nitrogens with one attached hydrogen (secondary N) is 2. The van der Waals surface area contributed by atoms with Crippen molar-refractivity contribution >= 4 is 40.1 Å². The Bertz CT molecular complexity index is 1570. The van der Waals surface area contributed by atoms with Crippen molar-refractivity contribution in [1.82, 2.24) is 25.1 Å². The van der Waals surface area contributed by atoms with E-state index in [2.05, 4.69) is 64.9 Å². The number of nitrogens with zero attached hydrogens (tertiary/aromatic N) is 3. The van der Waals surface area contributed by atoms with Crippen LogP contribution in [0.25, 0.3) is 50.6 Å². The number of H-pyrrole nitrogens is 2. The average molecular weight is 452 g/mol. The Morgan fingerprint density at radius 2 is 2.03 bits per heavy atom. The molecule has 0 aliphatic rings. The molecule has 0 fully saturated rings. The van der Waals surface area contributed by atoms with Crippen LogP contribution in [0.15, 0.2) is 66.2 Å². The van der Waals surface area contributed by atoms with E-state index < -0.39 is 0 Å². The van der Waals surface area contributed by atoms with Crippen molar-refractivity contribution in [3.8, 4) is 21.8 Å². The zero-order valence-electron chi connectivity index (χ0n) is 18.2. The van der Waals surface area contributed by atoms with Gasteiger partial charge in [-0.2, -0.15) is 5.10 Å². The maximum absolute atomic E-state index is 12.7. The van der Waals surface area contributed by atoms with Crippen LogP contribution < -0.4 is 5.56 Å². The average Bonchev–Trinajstić information content (AvgIpc) is 3.50. The molecule has 0 unspecified atom stereocenters. The maximum Gasteiger partial charge on any atom is 0.259 e. The van der Waals surface area contributed by atoms with Gasteiger partial charge in [0.05, 0.1) is 27.5 Å². The Kier molecular flexibility index (Phi) is 5.32. The number of aryl methyl sites for hydroxylation is 1. The van der Waals surface area contributed by atoms with E-state index in [0.717, 1.165) is 38.4 Å². The molecule has 162 valence electrons. The normalized spacial score (nSPS) is 11.8. The number of hydrogen-bond donors (Lipinski definition) is 2. The summed E-state index contributed by atoms with van der Waals surface area (Å²) in [5.41, 5.74) is 6.20. The van der Waals surface area contributed by atoms with Crippen LogP contribution in [0, 0.1) is 6.92 Å². The van der Waals surface area contributed by atoms with Crippen molar-refractivity contribution < 1.29 is 0 Å². The molecule has 0 atom stereocenters. The highest BCUT2D eigenvalue weighted by molar-refractivity contribution is 7.15. The van der Waals surface area contributed by atoms with E-state index in [1.807, 2.05) is 18.2 Å². The van der Waals surface area contributed by atoms with Crippen molar-refractivity contribution in [2.75, 3.05) is 0 Å². The summed E-state index contributed by atoms with van der Waals surface area (Å²) in [7, 11) is 0. The molecule has 0 aliphatic heterocycles.